The highest BCUT2D eigenvalue weighted by atomic mass is 32.2. The number of benzene rings is 3. The Hall–Kier alpha value is -3.93. The van der Waals surface area contributed by atoms with E-state index in [4.69, 9.17) is 9.47 Å². The number of fused-ring (bicyclic) bond motifs is 1. The summed E-state index contributed by atoms with van der Waals surface area (Å²) in [5.41, 5.74) is 2.26. The van der Waals surface area contributed by atoms with Gasteiger partial charge in [-0.25, -0.2) is 8.42 Å². The van der Waals surface area contributed by atoms with E-state index in [1.165, 1.54) is 18.2 Å². The van der Waals surface area contributed by atoms with Crippen LogP contribution in [0.3, 0.4) is 0 Å². The average Bonchev–Trinajstić information content (AvgIpc) is 3.06. The van der Waals surface area contributed by atoms with Gasteiger partial charge in [-0.3, -0.25) is 14.3 Å². The highest BCUT2D eigenvalue weighted by Crippen LogP contribution is 2.29. The summed E-state index contributed by atoms with van der Waals surface area (Å²) >= 11 is 0. The molecule has 3 aromatic carbocycles. The van der Waals surface area contributed by atoms with Crippen molar-refractivity contribution in [1.82, 2.24) is 9.80 Å². The van der Waals surface area contributed by atoms with Crippen molar-refractivity contribution in [2.45, 2.75) is 76.5 Å². The minimum Gasteiger partial charge on any atom is -0.490 e. The van der Waals surface area contributed by atoms with Crippen molar-refractivity contribution in [1.29, 1.82) is 0 Å². The molecule has 10 nitrogen and oxygen atoms in total. The molecule has 0 unspecified atom stereocenters. The van der Waals surface area contributed by atoms with E-state index in [9.17, 15) is 23.1 Å². The van der Waals surface area contributed by atoms with Gasteiger partial charge in [0.15, 0.2) is 0 Å². The standard InChI is InChI=1S/C37H49N3O7S/c1-26-14-17-32(18-15-26)48(44,45)38-31-16-19-34-33(22-31)37(43)40(28(3)25-41)23-27(2)35(46-20-10-9-11-29(4)47-34)24-39(5)36(42)21-30-12-7-6-8-13-30/h6-8,12-19,22,27-29,35,38,41H,9-11,20-21,23-25H2,1-5H3/t27-,28-,29-,35+/m0/s1. The molecule has 0 saturated carbocycles. The van der Waals surface area contributed by atoms with Crippen molar-refractivity contribution in [3.63, 3.8) is 0 Å². The number of nitrogens with zero attached hydrogens (tertiary/aromatic N) is 2. The lowest BCUT2D eigenvalue weighted by atomic mass is 10.0. The smallest absolute Gasteiger partial charge is 0.261 e. The second-order valence-corrected chi connectivity index (χ2v) is 14.5. The van der Waals surface area contributed by atoms with Crippen LogP contribution in [0.15, 0.2) is 77.7 Å². The van der Waals surface area contributed by atoms with Crippen molar-refractivity contribution in [3.05, 3.63) is 89.5 Å². The maximum Gasteiger partial charge on any atom is 0.261 e. The monoisotopic (exact) mass is 679 g/mol. The number of rotatable bonds is 9. The third-order valence-corrected chi connectivity index (χ3v) is 10.1. The number of likely N-dealkylation sites (N-methyl/N-ethyl adjacent to an activating group) is 1. The van der Waals surface area contributed by atoms with Gasteiger partial charge < -0.3 is 24.4 Å². The first-order valence-electron chi connectivity index (χ1n) is 16.6. The number of aryl methyl sites for hydroxylation is 1. The average molecular weight is 680 g/mol. The first-order valence-corrected chi connectivity index (χ1v) is 18.1. The number of nitrogens with one attached hydrogen (secondary N) is 1. The van der Waals surface area contributed by atoms with E-state index in [0.29, 0.717) is 25.3 Å². The molecular formula is C37H49N3O7S. The maximum absolute atomic E-state index is 14.4. The predicted molar refractivity (Wildman–Crippen MR) is 187 cm³/mol. The van der Waals surface area contributed by atoms with Gasteiger partial charge in [0.1, 0.15) is 5.75 Å². The number of aliphatic hydroxyl groups excluding tert-OH is 1. The molecule has 0 saturated heterocycles. The lowest BCUT2D eigenvalue weighted by molar-refractivity contribution is -0.131. The fourth-order valence-electron chi connectivity index (χ4n) is 5.66. The molecule has 0 fully saturated rings. The highest BCUT2D eigenvalue weighted by molar-refractivity contribution is 7.92. The number of aliphatic hydroxyl groups is 1. The van der Waals surface area contributed by atoms with Crippen molar-refractivity contribution in [2.75, 3.05) is 38.1 Å². The number of sulfonamides is 1. The van der Waals surface area contributed by atoms with Crippen molar-refractivity contribution in [3.8, 4) is 5.75 Å². The van der Waals surface area contributed by atoms with Crippen LogP contribution in [0, 0.1) is 12.8 Å². The van der Waals surface area contributed by atoms with Crippen LogP contribution in [0.4, 0.5) is 5.69 Å². The fourth-order valence-corrected chi connectivity index (χ4v) is 6.71. The molecule has 0 aliphatic carbocycles. The van der Waals surface area contributed by atoms with E-state index in [1.807, 2.05) is 51.1 Å². The van der Waals surface area contributed by atoms with Crippen molar-refractivity contribution < 1.29 is 32.6 Å². The molecule has 4 atom stereocenters. The number of hydrogen-bond donors (Lipinski definition) is 2. The van der Waals surface area contributed by atoms with Crippen LogP contribution >= 0.6 is 0 Å². The SMILES string of the molecule is Cc1ccc(S(=O)(=O)Nc2ccc3c(c2)C(=O)N([C@@H](C)CO)C[C@H](C)[C@@H](CN(C)C(=O)Cc2ccccc2)OCCCC[C@H](C)O3)cc1. The van der Waals surface area contributed by atoms with E-state index in [2.05, 4.69) is 4.72 Å². The summed E-state index contributed by atoms with van der Waals surface area (Å²) < 4.78 is 41.7. The lowest BCUT2D eigenvalue weighted by Gasteiger charge is -2.36. The van der Waals surface area contributed by atoms with Gasteiger partial charge in [0.05, 0.1) is 41.7 Å². The van der Waals surface area contributed by atoms with E-state index in [0.717, 1.165) is 24.0 Å². The summed E-state index contributed by atoms with van der Waals surface area (Å²) in [6.07, 6.45) is 2.01. The van der Waals surface area contributed by atoms with Gasteiger partial charge in [-0.2, -0.15) is 0 Å². The van der Waals surface area contributed by atoms with Gasteiger partial charge in [0, 0.05) is 38.3 Å². The molecule has 2 amide bonds. The van der Waals surface area contributed by atoms with Crippen LogP contribution < -0.4 is 9.46 Å². The summed E-state index contributed by atoms with van der Waals surface area (Å²) in [6, 6.07) is 20.2. The molecule has 1 aliphatic rings. The van der Waals surface area contributed by atoms with E-state index in [-0.39, 0.29) is 59.8 Å². The third kappa shape index (κ3) is 10.0. The Morgan fingerprint density at radius 2 is 1.77 bits per heavy atom. The van der Waals surface area contributed by atoms with Crippen molar-refractivity contribution >= 4 is 27.5 Å². The minimum atomic E-state index is -3.93. The predicted octanol–water partition coefficient (Wildman–Crippen LogP) is 5.29. The van der Waals surface area contributed by atoms with Crippen molar-refractivity contribution in [2.24, 2.45) is 5.92 Å². The Balaban J connectivity index is 1.63. The van der Waals surface area contributed by atoms with Gasteiger partial charge in [-0.05, 0) is 75.9 Å². The molecule has 48 heavy (non-hydrogen) atoms. The van der Waals surface area contributed by atoms with Gasteiger partial charge in [0.2, 0.25) is 5.91 Å². The Kier molecular flexibility index (Phi) is 13.0. The first kappa shape index (κ1) is 36.9. The van der Waals surface area contributed by atoms with Crippen LogP contribution in [-0.2, 0) is 26.0 Å². The summed E-state index contributed by atoms with van der Waals surface area (Å²) in [7, 11) is -2.16. The molecule has 260 valence electrons. The largest absolute Gasteiger partial charge is 0.490 e. The summed E-state index contributed by atoms with van der Waals surface area (Å²) in [5, 5.41) is 10.2. The molecule has 0 aromatic heterocycles. The Morgan fingerprint density at radius 1 is 1.06 bits per heavy atom. The van der Waals surface area contributed by atoms with Crippen LogP contribution in [0.25, 0.3) is 0 Å². The molecule has 0 bridgehead atoms. The zero-order chi connectivity index (χ0) is 34.8. The number of carbonyl (C=O) groups is 2. The summed E-state index contributed by atoms with van der Waals surface area (Å²) in [5.74, 6) is -0.325. The highest BCUT2D eigenvalue weighted by Gasteiger charge is 2.31. The molecule has 0 spiro atoms. The molecule has 1 aliphatic heterocycles. The lowest BCUT2D eigenvalue weighted by Crippen LogP contribution is -2.48. The van der Waals surface area contributed by atoms with Crippen LogP contribution in [0.2, 0.25) is 0 Å². The first-order chi connectivity index (χ1) is 22.9. The molecule has 0 radical (unpaired) electrons. The van der Waals surface area contributed by atoms with Gasteiger partial charge in [-0.1, -0.05) is 55.0 Å². The maximum atomic E-state index is 14.4. The van der Waals surface area contributed by atoms with Crippen LogP contribution in [0.1, 0.15) is 61.5 Å². The molecular weight excluding hydrogens is 630 g/mol. The molecule has 4 rings (SSSR count). The van der Waals surface area contributed by atoms with Crippen LogP contribution in [-0.4, -0.2) is 86.7 Å². The normalized spacial score (nSPS) is 20.2. The Morgan fingerprint density at radius 3 is 2.46 bits per heavy atom. The number of carbonyl (C=O) groups excluding carboxylic acids is 2. The summed E-state index contributed by atoms with van der Waals surface area (Å²) in [6.45, 7) is 8.31. The minimum absolute atomic E-state index is 0.0337. The summed E-state index contributed by atoms with van der Waals surface area (Å²) in [4.78, 5) is 30.9. The second-order valence-electron chi connectivity index (χ2n) is 12.9. The zero-order valence-electron chi connectivity index (χ0n) is 28.6. The molecule has 3 aromatic rings. The van der Waals surface area contributed by atoms with Crippen LogP contribution in [0.5, 0.6) is 5.75 Å². The molecule has 2 N–H and O–H groups in total. The number of amides is 2. The molecule has 1 heterocycles. The number of ether oxygens (including phenoxy) is 2. The number of hydrogen-bond acceptors (Lipinski definition) is 7. The van der Waals surface area contributed by atoms with Gasteiger partial charge in [-0.15, -0.1) is 0 Å². The number of anilines is 1. The van der Waals surface area contributed by atoms with Gasteiger partial charge in [0.25, 0.3) is 15.9 Å². The fraction of sp³-hybridized carbons (Fsp3) is 0.459. The van der Waals surface area contributed by atoms with Gasteiger partial charge >= 0.3 is 0 Å². The van der Waals surface area contributed by atoms with E-state index >= 15 is 0 Å². The topological polar surface area (TPSA) is 125 Å². The second kappa shape index (κ2) is 16.9. The van der Waals surface area contributed by atoms with E-state index < -0.39 is 22.0 Å². The Labute approximate surface area is 285 Å². The quantitative estimate of drug-likeness (QED) is 0.315. The third-order valence-electron chi connectivity index (χ3n) is 8.71. The van der Waals surface area contributed by atoms with E-state index in [1.54, 1.807) is 48.0 Å². The zero-order valence-corrected chi connectivity index (χ0v) is 29.4. The Bertz CT molecular complexity index is 1620. The molecule has 11 heteroatoms.